The molecular formula is C24H39N3O2. The van der Waals surface area contributed by atoms with Crippen molar-refractivity contribution in [2.24, 2.45) is 5.41 Å². The van der Waals surface area contributed by atoms with Crippen LogP contribution in [0.4, 0.5) is 0 Å². The lowest BCUT2D eigenvalue weighted by Crippen LogP contribution is -2.52. The highest BCUT2D eigenvalue weighted by molar-refractivity contribution is 5.76. The highest BCUT2D eigenvalue weighted by Gasteiger charge is 2.37. The predicted octanol–water partition coefficient (Wildman–Crippen LogP) is 3.03. The highest BCUT2D eigenvalue weighted by atomic mass is 16.3. The van der Waals surface area contributed by atoms with Gasteiger partial charge in [-0.25, -0.2) is 0 Å². The topological polar surface area (TPSA) is 55.8 Å². The van der Waals surface area contributed by atoms with Gasteiger partial charge < -0.3 is 20.2 Å². The van der Waals surface area contributed by atoms with E-state index in [0.717, 1.165) is 51.1 Å². The predicted molar refractivity (Wildman–Crippen MR) is 118 cm³/mol. The lowest BCUT2D eigenvalue weighted by atomic mass is 9.74. The van der Waals surface area contributed by atoms with Crippen LogP contribution in [0.3, 0.4) is 0 Å². The number of carbonyl (C=O) groups excluding carboxylic acids is 1. The average Bonchev–Trinajstić information content (AvgIpc) is 3.29. The van der Waals surface area contributed by atoms with Gasteiger partial charge in [-0.05, 0) is 76.7 Å². The minimum Gasteiger partial charge on any atom is -0.392 e. The van der Waals surface area contributed by atoms with Gasteiger partial charge in [0, 0.05) is 31.5 Å². The van der Waals surface area contributed by atoms with Crippen LogP contribution >= 0.6 is 0 Å². The summed E-state index contributed by atoms with van der Waals surface area (Å²) in [5.74, 6) is 0.402. The van der Waals surface area contributed by atoms with Crippen molar-refractivity contribution in [3.63, 3.8) is 0 Å². The average molecular weight is 402 g/mol. The molecule has 1 atom stereocenters. The van der Waals surface area contributed by atoms with Crippen molar-refractivity contribution in [1.29, 1.82) is 0 Å². The van der Waals surface area contributed by atoms with Gasteiger partial charge >= 0.3 is 0 Å². The van der Waals surface area contributed by atoms with Crippen LogP contribution in [-0.2, 0) is 11.4 Å². The zero-order valence-electron chi connectivity index (χ0n) is 18.0. The molecule has 0 bridgehead atoms. The van der Waals surface area contributed by atoms with Crippen LogP contribution in [0.25, 0.3) is 0 Å². The Morgan fingerprint density at radius 1 is 1.03 bits per heavy atom. The second kappa shape index (κ2) is 11.7. The third-order valence-corrected chi connectivity index (χ3v) is 6.66. The Bertz CT molecular complexity index is 590. The zero-order chi connectivity index (χ0) is 20.4. The van der Waals surface area contributed by atoms with Crippen molar-refractivity contribution in [3.05, 3.63) is 35.9 Å². The number of likely N-dealkylation sites (tertiary alicyclic amines) is 2. The summed E-state index contributed by atoms with van der Waals surface area (Å²) in [4.78, 5) is 17.2. The Labute approximate surface area is 176 Å². The minimum atomic E-state index is 0.140. The maximum atomic E-state index is 12.5. The van der Waals surface area contributed by atoms with E-state index in [1.807, 2.05) is 30.3 Å². The monoisotopic (exact) mass is 401 g/mol. The van der Waals surface area contributed by atoms with Crippen LogP contribution in [0.1, 0.15) is 56.9 Å². The summed E-state index contributed by atoms with van der Waals surface area (Å²) in [5, 5.41) is 12.1. The normalized spacial score (nSPS) is 24.9. The number of aliphatic hydroxyl groups excluding tert-OH is 1. The van der Waals surface area contributed by atoms with Crippen LogP contribution in [0.5, 0.6) is 0 Å². The Balaban J connectivity index is 0.000000252. The Hall–Kier alpha value is -1.43. The number of hydrogen-bond donors (Lipinski definition) is 2. The van der Waals surface area contributed by atoms with Crippen LogP contribution in [0.2, 0.25) is 0 Å². The standard InChI is InChI=1S/C17H31N3O.C7H8O/c21-16(6-3-12-19-10-1-2-11-19)20-13-5-8-17(15-20)7-4-9-18-14-17;8-6-7-4-2-1-3-5-7/h18H,1-15H2;1-5,8H,6H2. The maximum absolute atomic E-state index is 12.5. The molecule has 5 nitrogen and oxygen atoms in total. The molecule has 0 aromatic heterocycles. The summed E-state index contributed by atoms with van der Waals surface area (Å²) in [7, 11) is 0. The van der Waals surface area contributed by atoms with Gasteiger partial charge in [0.25, 0.3) is 0 Å². The van der Waals surface area contributed by atoms with Gasteiger partial charge in [0.15, 0.2) is 0 Å². The molecule has 1 aromatic rings. The van der Waals surface area contributed by atoms with Gasteiger partial charge in [0.1, 0.15) is 0 Å². The quantitative estimate of drug-likeness (QED) is 0.796. The van der Waals surface area contributed by atoms with Crippen molar-refractivity contribution < 1.29 is 9.90 Å². The van der Waals surface area contributed by atoms with Crippen molar-refractivity contribution in [2.45, 2.75) is 58.0 Å². The molecule has 0 aliphatic carbocycles. The maximum Gasteiger partial charge on any atom is 0.222 e. The number of nitrogens with zero attached hydrogens (tertiary/aromatic N) is 2. The molecule has 1 amide bonds. The van der Waals surface area contributed by atoms with E-state index in [0.29, 0.717) is 11.3 Å². The molecule has 4 rings (SSSR count). The fraction of sp³-hybridized carbons (Fsp3) is 0.708. The molecule has 3 aliphatic heterocycles. The van der Waals surface area contributed by atoms with E-state index >= 15 is 0 Å². The second-order valence-corrected chi connectivity index (χ2v) is 9.00. The SMILES string of the molecule is O=C(CCCN1CCCC1)N1CCCC2(CCCNC2)C1.OCc1ccccc1. The fourth-order valence-electron chi connectivity index (χ4n) is 5.00. The Morgan fingerprint density at radius 3 is 2.45 bits per heavy atom. The molecule has 0 radical (unpaired) electrons. The molecule has 3 heterocycles. The van der Waals surface area contributed by atoms with E-state index < -0.39 is 0 Å². The molecule has 1 unspecified atom stereocenters. The molecule has 1 aromatic carbocycles. The number of nitrogens with one attached hydrogen (secondary N) is 1. The summed E-state index contributed by atoms with van der Waals surface area (Å²) in [5.41, 5.74) is 1.36. The highest BCUT2D eigenvalue weighted by Crippen LogP contribution is 2.36. The molecule has 3 fully saturated rings. The number of aliphatic hydroxyl groups is 1. The second-order valence-electron chi connectivity index (χ2n) is 9.00. The lowest BCUT2D eigenvalue weighted by molar-refractivity contribution is -0.135. The zero-order valence-corrected chi connectivity index (χ0v) is 18.0. The van der Waals surface area contributed by atoms with Crippen LogP contribution in [-0.4, -0.2) is 66.6 Å². The van der Waals surface area contributed by atoms with Gasteiger partial charge in [-0.3, -0.25) is 4.79 Å². The molecule has 5 heteroatoms. The molecule has 3 saturated heterocycles. The van der Waals surface area contributed by atoms with Crippen molar-refractivity contribution in [2.75, 3.05) is 45.8 Å². The summed E-state index contributed by atoms with van der Waals surface area (Å²) in [6, 6.07) is 9.52. The molecular weight excluding hydrogens is 362 g/mol. The molecule has 2 N–H and O–H groups in total. The number of hydrogen-bond acceptors (Lipinski definition) is 4. The first-order valence-electron chi connectivity index (χ1n) is 11.6. The van der Waals surface area contributed by atoms with Gasteiger partial charge in [0.2, 0.25) is 5.91 Å². The summed E-state index contributed by atoms with van der Waals surface area (Å²) in [6.45, 7) is 8.01. The van der Waals surface area contributed by atoms with E-state index in [4.69, 9.17) is 5.11 Å². The Morgan fingerprint density at radius 2 is 1.79 bits per heavy atom. The third kappa shape index (κ3) is 7.09. The molecule has 29 heavy (non-hydrogen) atoms. The smallest absolute Gasteiger partial charge is 0.222 e. The van der Waals surface area contributed by atoms with Gasteiger partial charge in [-0.2, -0.15) is 0 Å². The molecule has 3 aliphatic rings. The number of benzene rings is 1. The lowest BCUT2D eigenvalue weighted by Gasteiger charge is -2.45. The fourth-order valence-corrected chi connectivity index (χ4v) is 5.00. The van der Waals surface area contributed by atoms with Crippen molar-refractivity contribution >= 4 is 5.91 Å². The first-order chi connectivity index (χ1) is 14.2. The van der Waals surface area contributed by atoms with E-state index in [2.05, 4.69) is 15.1 Å². The number of rotatable bonds is 5. The third-order valence-electron chi connectivity index (χ3n) is 6.66. The molecule has 0 saturated carbocycles. The Kier molecular flexibility index (Phi) is 8.96. The van der Waals surface area contributed by atoms with E-state index in [-0.39, 0.29) is 6.61 Å². The van der Waals surface area contributed by atoms with Crippen molar-refractivity contribution in [1.82, 2.24) is 15.1 Å². The summed E-state index contributed by atoms with van der Waals surface area (Å²) in [6.07, 6.45) is 9.55. The largest absolute Gasteiger partial charge is 0.392 e. The number of piperidine rings is 2. The number of amides is 1. The first-order valence-corrected chi connectivity index (χ1v) is 11.6. The molecule has 162 valence electrons. The van der Waals surface area contributed by atoms with Gasteiger partial charge in [-0.15, -0.1) is 0 Å². The van der Waals surface area contributed by atoms with E-state index in [1.54, 1.807) is 0 Å². The van der Waals surface area contributed by atoms with Crippen molar-refractivity contribution in [3.8, 4) is 0 Å². The molecule has 1 spiro atoms. The first kappa shape index (κ1) is 22.3. The van der Waals surface area contributed by atoms with Gasteiger partial charge in [0.05, 0.1) is 6.61 Å². The van der Waals surface area contributed by atoms with Gasteiger partial charge in [-0.1, -0.05) is 30.3 Å². The van der Waals surface area contributed by atoms with E-state index in [1.165, 1.54) is 51.6 Å². The summed E-state index contributed by atoms with van der Waals surface area (Å²) >= 11 is 0. The number of carbonyl (C=O) groups is 1. The van der Waals surface area contributed by atoms with Crippen LogP contribution < -0.4 is 5.32 Å². The minimum absolute atomic E-state index is 0.140. The summed E-state index contributed by atoms with van der Waals surface area (Å²) < 4.78 is 0. The van der Waals surface area contributed by atoms with Crippen LogP contribution in [0, 0.1) is 5.41 Å². The van der Waals surface area contributed by atoms with E-state index in [9.17, 15) is 4.79 Å². The van der Waals surface area contributed by atoms with Crippen LogP contribution in [0.15, 0.2) is 30.3 Å².